The van der Waals surface area contributed by atoms with Gasteiger partial charge in [0.1, 0.15) is 6.61 Å². The minimum atomic E-state index is -4.61. The van der Waals surface area contributed by atoms with Crippen LogP contribution >= 0.6 is 0 Å². The number of hydrogen-bond donors (Lipinski definition) is 2. The van der Waals surface area contributed by atoms with Crippen LogP contribution in [0.1, 0.15) is 22.8 Å². The maximum Gasteiger partial charge on any atom is 0.416 e. The van der Waals surface area contributed by atoms with Gasteiger partial charge in [0.25, 0.3) is 5.91 Å². The molecule has 0 bridgehead atoms. The zero-order valence-corrected chi connectivity index (χ0v) is 15.7. The molecule has 0 saturated carbocycles. The highest BCUT2D eigenvalue weighted by atomic mass is 19.4. The average Bonchev–Trinajstić information content (AvgIpc) is 2.66. The van der Waals surface area contributed by atoms with Crippen LogP contribution < -0.4 is 20.1 Å². The molecule has 2 amide bonds. The van der Waals surface area contributed by atoms with Gasteiger partial charge in [-0.25, -0.2) is 0 Å². The molecule has 0 heterocycles. The second kappa shape index (κ2) is 9.13. The van der Waals surface area contributed by atoms with Crippen LogP contribution in [0.3, 0.4) is 0 Å². The summed E-state index contributed by atoms with van der Waals surface area (Å²) in [4.78, 5) is 23.9. The largest absolute Gasteiger partial charge is 0.493 e. The highest BCUT2D eigenvalue weighted by molar-refractivity contribution is 6.07. The average molecular weight is 408 g/mol. The van der Waals surface area contributed by atoms with E-state index in [-0.39, 0.29) is 29.3 Å². The van der Waals surface area contributed by atoms with Gasteiger partial charge in [-0.2, -0.15) is 13.2 Å². The minimum absolute atomic E-state index is 0.0387. The molecular formula is C20H19F3N2O4. The number of hydrogen-bond acceptors (Lipinski definition) is 4. The second-order valence-electron chi connectivity index (χ2n) is 5.86. The van der Waals surface area contributed by atoms with E-state index >= 15 is 0 Å². The van der Waals surface area contributed by atoms with Crippen LogP contribution in [-0.4, -0.2) is 25.5 Å². The molecule has 0 aliphatic carbocycles. The fraction of sp³-hybridized carbons (Fsp3) is 0.200. The summed E-state index contributed by atoms with van der Waals surface area (Å²) in [6.07, 6.45) is -3.07. The number of amides is 2. The van der Waals surface area contributed by atoms with E-state index in [1.165, 1.54) is 38.3 Å². The first-order valence-electron chi connectivity index (χ1n) is 8.37. The summed E-state index contributed by atoms with van der Waals surface area (Å²) >= 11 is 0. The minimum Gasteiger partial charge on any atom is -0.493 e. The maximum atomic E-state index is 13.0. The topological polar surface area (TPSA) is 76.7 Å². The van der Waals surface area contributed by atoms with Gasteiger partial charge in [-0.15, -0.1) is 0 Å². The van der Waals surface area contributed by atoms with Crippen molar-refractivity contribution in [1.29, 1.82) is 0 Å². The number of carbonyl (C=O) groups excluding carboxylic acids is 2. The second-order valence-corrected chi connectivity index (χ2v) is 5.86. The number of anilines is 2. The third-order valence-electron chi connectivity index (χ3n) is 3.69. The van der Waals surface area contributed by atoms with Gasteiger partial charge in [0.05, 0.1) is 24.0 Å². The van der Waals surface area contributed by atoms with E-state index in [1.54, 1.807) is 0 Å². The summed E-state index contributed by atoms with van der Waals surface area (Å²) in [5.41, 5.74) is -0.991. The van der Waals surface area contributed by atoms with Crippen LogP contribution in [0, 0.1) is 0 Å². The van der Waals surface area contributed by atoms with E-state index in [1.807, 2.05) is 0 Å². The Balaban J connectivity index is 2.35. The first-order chi connectivity index (χ1) is 13.7. The Morgan fingerprint density at radius 3 is 2.38 bits per heavy atom. The molecule has 0 saturated heterocycles. The number of nitrogens with one attached hydrogen (secondary N) is 2. The first-order valence-corrected chi connectivity index (χ1v) is 8.37. The summed E-state index contributed by atoms with van der Waals surface area (Å²) in [6, 6.07) is 6.96. The van der Waals surface area contributed by atoms with Gasteiger partial charge in [0.2, 0.25) is 5.91 Å². The van der Waals surface area contributed by atoms with Crippen molar-refractivity contribution >= 4 is 23.2 Å². The molecule has 29 heavy (non-hydrogen) atoms. The number of ether oxygens (including phenoxy) is 2. The molecule has 154 valence electrons. The molecular weight excluding hydrogens is 389 g/mol. The number of benzene rings is 2. The van der Waals surface area contributed by atoms with Gasteiger partial charge in [-0.1, -0.05) is 12.7 Å². The number of methoxy groups -OCH3 is 1. The lowest BCUT2D eigenvalue weighted by molar-refractivity contribution is -0.137. The van der Waals surface area contributed by atoms with Crippen LogP contribution in [0.25, 0.3) is 0 Å². The fourth-order valence-electron chi connectivity index (χ4n) is 2.39. The summed E-state index contributed by atoms with van der Waals surface area (Å²) in [5, 5.41) is 4.78. The number of carbonyl (C=O) groups is 2. The van der Waals surface area contributed by atoms with E-state index in [0.717, 1.165) is 18.2 Å². The Labute approximate surface area is 165 Å². The van der Waals surface area contributed by atoms with E-state index < -0.39 is 23.6 Å². The molecule has 6 nitrogen and oxygen atoms in total. The van der Waals surface area contributed by atoms with Crippen molar-refractivity contribution in [2.75, 3.05) is 24.4 Å². The Bertz CT molecular complexity index is 926. The smallest absolute Gasteiger partial charge is 0.416 e. The molecule has 0 aliphatic rings. The third-order valence-corrected chi connectivity index (χ3v) is 3.69. The zero-order valence-electron chi connectivity index (χ0n) is 15.7. The number of halogens is 3. The Kier molecular flexibility index (Phi) is 6.87. The van der Waals surface area contributed by atoms with Crippen LogP contribution in [0.15, 0.2) is 49.1 Å². The zero-order chi connectivity index (χ0) is 21.6. The molecule has 0 fully saturated rings. The summed E-state index contributed by atoms with van der Waals surface area (Å²) in [6.45, 7) is 4.97. The van der Waals surface area contributed by atoms with Gasteiger partial charge in [-0.3, -0.25) is 9.59 Å². The van der Waals surface area contributed by atoms with E-state index in [9.17, 15) is 22.8 Å². The molecule has 2 aromatic carbocycles. The Morgan fingerprint density at radius 1 is 1.07 bits per heavy atom. The van der Waals surface area contributed by atoms with Gasteiger partial charge in [0, 0.05) is 12.5 Å². The standard InChI is InChI=1S/C20H19F3N2O4/c1-4-9-29-17-8-5-13(10-18(17)28-3)19(27)25-16-11-14(20(21,22)23)6-7-15(16)24-12(2)26/h4-8,10-11H,1,9H2,2-3H3,(H,24,26)(H,25,27). The predicted octanol–water partition coefficient (Wildman–Crippen LogP) is 4.49. The van der Waals surface area contributed by atoms with Gasteiger partial charge in [-0.05, 0) is 36.4 Å². The molecule has 0 unspecified atom stereocenters. The molecule has 2 rings (SSSR count). The third kappa shape index (κ3) is 5.74. The van der Waals surface area contributed by atoms with Crippen molar-refractivity contribution in [2.24, 2.45) is 0 Å². The van der Waals surface area contributed by atoms with Crippen molar-refractivity contribution < 1.29 is 32.2 Å². The maximum absolute atomic E-state index is 13.0. The quantitative estimate of drug-likeness (QED) is 0.662. The first kappa shape index (κ1) is 21.8. The predicted molar refractivity (Wildman–Crippen MR) is 102 cm³/mol. The highest BCUT2D eigenvalue weighted by Crippen LogP contribution is 2.35. The summed E-state index contributed by atoms with van der Waals surface area (Å²) in [7, 11) is 1.39. The monoisotopic (exact) mass is 408 g/mol. The Morgan fingerprint density at radius 2 is 1.79 bits per heavy atom. The normalized spacial score (nSPS) is 10.8. The molecule has 2 N–H and O–H groups in total. The molecule has 2 aromatic rings. The number of rotatable bonds is 7. The molecule has 0 spiro atoms. The molecule has 0 radical (unpaired) electrons. The van der Waals surface area contributed by atoms with E-state index in [0.29, 0.717) is 5.75 Å². The lowest BCUT2D eigenvalue weighted by atomic mass is 10.1. The molecule has 0 atom stereocenters. The SMILES string of the molecule is C=CCOc1ccc(C(=O)Nc2cc(C(F)(F)F)ccc2NC(C)=O)cc1OC. The van der Waals surface area contributed by atoms with Crippen LogP contribution in [0.5, 0.6) is 11.5 Å². The van der Waals surface area contributed by atoms with E-state index in [4.69, 9.17) is 9.47 Å². The van der Waals surface area contributed by atoms with Gasteiger partial charge >= 0.3 is 6.18 Å². The van der Waals surface area contributed by atoms with Crippen molar-refractivity contribution in [3.63, 3.8) is 0 Å². The fourth-order valence-corrected chi connectivity index (χ4v) is 2.39. The molecule has 0 aliphatic heterocycles. The van der Waals surface area contributed by atoms with Crippen molar-refractivity contribution in [3.05, 3.63) is 60.2 Å². The Hall–Kier alpha value is -3.49. The van der Waals surface area contributed by atoms with Crippen molar-refractivity contribution in [3.8, 4) is 11.5 Å². The molecule has 0 aromatic heterocycles. The number of alkyl halides is 3. The summed E-state index contributed by atoms with van der Waals surface area (Å²) in [5.74, 6) is -0.539. The van der Waals surface area contributed by atoms with Gasteiger partial charge < -0.3 is 20.1 Å². The lowest BCUT2D eigenvalue weighted by Gasteiger charge is -2.15. The van der Waals surface area contributed by atoms with Gasteiger partial charge in [0.15, 0.2) is 11.5 Å². The van der Waals surface area contributed by atoms with Crippen LogP contribution in [-0.2, 0) is 11.0 Å². The van der Waals surface area contributed by atoms with Crippen molar-refractivity contribution in [1.82, 2.24) is 0 Å². The summed E-state index contributed by atoms with van der Waals surface area (Å²) < 4.78 is 49.7. The van der Waals surface area contributed by atoms with Crippen LogP contribution in [0.2, 0.25) is 0 Å². The van der Waals surface area contributed by atoms with Crippen molar-refractivity contribution in [2.45, 2.75) is 13.1 Å². The lowest BCUT2D eigenvalue weighted by Crippen LogP contribution is -2.16. The highest BCUT2D eigenvalue weighted by Gasteiger charge is 2.31. The molecule has 9 heteroatoms. The van der Waals surface area contributed by atoms with E-state index in [2.05, 4.69) is 17.2 Å². The van der Waals surface area contributed by atoms with Crippen LogP contribution in [0.4, 0.5) is 24.5 Å².